The lowest BCUT2D eigenvalue weighted by atomic mass is 10.1. The van der Waals surface area contributed by atoms with Gasteiger partial charge in [-0.25, -0.2) is 16.8 Å². The van der Waals surface area contributed by atoms with Crippen molar-refractivity contribution in [1.82, 2.24) is 10.2 Å². The van der Waals surface area contributed by atoms with Crippen LogP contribution in [-0.2, 0) is 31.7 Å². The van der Waals surface area contributed by atoms with E-state index in [4.69, 9.17) is 10.7 Å². The molecule has 0 saturated carbocycles. The van der Waals surface area contributed by atoms with Crippen molar-refractivity contribution in [1.29, 1.82) is 5.26 Å². The lowest BCUT2D eigenvalue weighted by Crippen LogP contribution is -2.19. The van der Waals surface area contributed by atoms with Gasteiger partial charge in [0.15, 0.2) is 14.9 Å². The molecular weight excluding hydrogens is 338 g/mol. The Labute approximate surface area is 128 Å². The van der Waals surface area contributed by atoms with Gasteiger partial charge in [0, 0.05) is 10.7 Å². The van der Waals surface area contributed by atoms with Crippen molar-refractivity contribution in [3.63, 3.8) is 0 Å². The molecule has 0 N–H and O–H groups in total. The van der Waals surface area contributed by atoms with E-state index in [2.05, 4.69) is 10.2 Å². The van der Waals surface area contributed by atoms with E-state index < -0.39 is 35.4 Å². The Morgan fingerprint density at radius 2 is 1.71 bits per heavy atom. The molecule has 0 fully saturated rings. The van der Waals surface area contributed by atoms with E-state index in [1.54, 1.807) is 6.92 Å². The molecule has 1 heterocycles. The van der Waals surface area contributed by atoms with Gasteiger partial charge in [-0.1, -0.05) is 13.8 Å². The number of hydrogen-bond acceptors (Lipinski definition) is 7. The molecule has 0 aromatic carbocycles. The summed E-state index contributed by atoms with van der Waals surface area (Å²) in [6, 6.07) is 1.83. The molecule has 0 aliphatic heterocycles. The van der Waals surface area contributed by atoms with Crippen LogP contribution in [0.15, 0.2) is 5.03 Å². The van der Waals surface area contributed by atoms with Crippen molar-refractivity contribution < 1.29 is 16.8 Å². The SMILES string of the molecule is CCc1nnc(S(=O)(=O)CCS(=O)(=O)Cl)c(C#N)c1CC. The van der Waals surface area contributed by atoms with Crippen molar-refractivity contribution in [3.05, 3.63) is 16.8 Å². The minimum Gasteiger partial charge on any atom is -0.222 e. The molecule has 0 spiro atoms. The molecule has 1 aromatic heterocycles. The van der Waals surface area contributed by atoms with E-state index in [0.29, 0.717) is 24.1 Å². The monoisotopic (exact) mass is 351 g/mol. The van der Waals surface area contributed by atoms with Crippen LogP contribution in [0.3, 0.4) is 0 Å². The van der Waals surface area contributed by atoms with Crippen molar-refractivity contribution in [2.75, 3.05) is 11.5 Å². The normalized spacial score (nSPS) is 12.1. The third-order valence-electron chi connectivity index (χ3n) is 2.82. The molecule has 7 nitrogen and oxygen atoms in total. The smallest absolute Gasteiger partial charge is 0.222 e. The lowest BCUT2D eigenvalue weighted by molar-refractivity contribution is 0.586. The van der Waals surface area contributed by atoms with E-state index in [-0.39, 0.29) is 5.56 Å². The molecule has 0 bridgehead atoms. The fourth-order valence-corrected chi connectivity index (χ4v) is 4.87. The van der Waals surface area contributed by atoms with Crippen molar-refractivity contribution >= 4 is 29.6 Å². The van der Waals surface area contributed by atoms with Crippen LogP contribution in [0.4, 0.5) is 0 Å². The van der Waals surface area contributed by atoms with E-state index in [0.717, 1.165) is 0 Å². The zero-order chi connectivity index (χ0) is 16.3. The number of sulfone groups is 1. The van der Waals surface area contributed by atoms with Crippen molar-refractivity contribution in [2.45, 2.75) is 31.7 Å². The molecular formula is C11H14ClN3O4S2. The number of rotatable bonds is 6. The minimum atomic E-state index is -4.05. The average molecular weight is 352 g/mol. The molecule has 10 heteroatoms. The maximum Gasteiger partial charge on any atom is 0.233 e. The first kappa shape index (κ1) is 17.8. The molecule has 0 unspecified atom stereocenters. The third-order valence-corrected chi connectivity index (χ3v) is 5.85. The summed E-state index contributed by atoms with van der Waals surface area (Å²) in [5.41, 5.74) is 0.997. The maximum absolute atomic E-state index is 12.1. The van der Waals surface area contributed by atoms with E-state index in [9.17, 15) is 22.1 Å². The molecule has 0 aliphatic carbocycles. The molecule has 21 heavy (non-hydrogen) atoms. The van der Waals surface area contributed by atoms with Gasteiger partial charge in [0.1, 0.15) is 6.07 Å². The summed E-state index contributed by atoms with van der Waals surface area (Å²) in [5, 5.41) is 16.2. The van der Waals surface area contributed by atoms with E-state index in [1.165, 1.54) is 0 Å². The highest BCUT2D eigenvalue weighted by Gasteiger charge is 2.26. The maximum atomic E-state index is 12.1. The Hall–Kier alpha value is -1.24. The van der Waals surface area contributed by atoms with Gasteiger partial charge >= 0.3 is 0 Å². The van der Waals surface area contributed by atoms with Crippen molar-refractivity contribution in [3.8, 4) is 6.07 Å². The van der Waals surface area contributed by atoms with Crippen LogP contribution < -0.4 is 0 Å². The summed E-state index contributed by atoms with van der Waals surface area (Å²) in [6.07, 6.45) is 0.944. The largest absolute Gasteiger partial charge is 0.233 e. The second-order valence-electron chi connectivity index (χ2n) is 4.19. The van der Waals surface area contributed by atoms with Gasteiger partial charge < -0.3 is 0 Å². The Morgan fingerprint density at radius 1 is 1.10 bits per heavy atom. The lowest BCUT2D eigenvalue weighted by Gasteiger charge is -2.10. The molecule has 0 radical (unpaired) electrons. The first-order valence-electron chi connectivity index (χ1n) is 6.09. The summed E-state index contributed by atoms with van der Waals surface area (Å²) in [4.78, 5) is 0. The van der Waals surface area contributed by atoms with Crippen LogP contribution in [-0.4, -0.2) is 38.5 Å². The second kappa shape index (κ2) is 6.68. The first-order chi connectivity index (χ1) is 9.66. The number of nitriles is 1. The fourth-order valence-electron chi connectivity index (χ4n) is 1.79. The van der Waals surface area contributed by atoms with Gasteiger partial charge in [0.05, 0.1) is 22.8 Å². The van der Waals surface area contributed by atoms with E-state index in [1.807, 2.05) is 13.0 Å². The highest BCUT2D eigenvalue weighted by atomic mass is 35.7. The standard InChI is InChI=1S/C11H14ClN3O4S2/c1-3-8-9(7-13)11(15-14-10(8)4-2)20(16,17)5-6-21(12,18)19/h3-6H2,1-2H3. The molecule has 1 rings (SSSR count). The fraction of sp³-hybridized carbons (Fsp3) is 0.545. The van der Waals surface area contributed by atoms with Crippen LogP contribution in [0, 0.1) is 11.3 Å². The number of hydrogen-bond donors (Lipinski definition) is 0. The number of nitrogens with zero attached hydrogens (tertiary/aromatic N) is 3. The molecule has 0 aliphatic rings. The zero-order valence-corrected chi connectivity index (χ0v) is 13.9. The topological polar surface area (TPSA) is 118 Å². The summed E-state index contributed by atoms with van der Waals surface area (Å²) >= 11 is 0. The van der Waals surface area contributed by atoms with Crippen LogP contribution in [0.2, 0.25) is 0 Å². The van der Waals surface area contributed by atoms with Gasteiger partial charge in [-0.2, -0.15) is 10.4 Å². The third kappa shape index (κ3) is 4.36. The van der Waals surface area contributed by atoms with Gasteiger partial charge in [-0.05, 0) is 18.4 Å². The van der Waals surface area contributed by atoms with Crippen molar-refractivity contribution in [2.24, 2.45) is 0 Å². The first-order valence-corrected chi connectivity index (χ1v) is 10.2. The quantitative estimate of drug-likeness (QED) is 0.696. The summed E-state index contributed by atoms with van der Waals surface area (Å²) in [6.45, 7) is 3.59. The Kier molecular flexibility index (Phi) is 5.67. The Bertz CT molecular complexity index is 782. The number of aromatic nitrogens is 2. The summed E-state index contributed by atoms with van der Waals surface area (Å²) in [7, 11) is -2.99. The van der Waals surface area contributed by atoms with Crippen LogP contribution >= 0.6 is 10.7 Å². The van der Waals surface area contributed by atoms with Crippen LogP contribution in [0.5, 0.6) is 0 Å². The zero-order valence-electron chi connectivity index (χ0n) is 11.5. The second-order valence-corrected chi connectivity index (χ2v) is 9.11. The van der Waals surface area contributed by atoms with Gasteiger partial charge in [0.2, 0.25) is 9.05 Å². The van der Waals surface area contributed by atoms with Crippen LogP contribution in [0.1, 0.15) is 30.7 Å². The van der Waals surface area contributed by atoms with Crippen LogP contribution in [0.25, 0.3) is 0 Å². The minimum absolute atomic E-state index is 0.0729. The number of aryl methyl sites for hydroxylation is 1. The highest BCUT2D eigenvalue weighted by molar-refractivity contribution is 8.14. The Balaban J connectivity index is 3.40. The Morgan fingerprint density at radius 3 is 2.14 bits per heavy atom. The molecule has 1 aromatic rings. The summed E-state index contributed by atoms with van der Waals surface area (Å²) in [5.74, 6) is -1.49. The van der Waals surface area contributed by atoms with Gasteiger partial charge in [-0.15, -0.1) is 5.10 Å². The van der Waals surface area contributed by atoms with E-state index >= 15 is 0 Å². The van der Waals surface area contributed by atoms with Gasteiger partial charge in [0.25, 0.3) is 0 Å². The highest BCUT2D eigenvalue weighted by Crippen LogP contribution is 2.21. The number of halogens is 1. The average Bonchev–Trinajstić information content (AvgIpc) is 2.42. The van der Waals surface area contributed by atoms with Gasteiger partial charge in [-0.3, -0.25) is 0 Å². The molecule has 0 saturated heterocycles. The predicted octanol–water partition coefficient (Wildman–Crippen LogP) is 0.815. The summed E-state index contributed by atoms with van der Waals surface area (Å²) < 4.78 is 46.1. The predicted molar refractivity (Wildman–Crippen MR) is 77.2 cm³/mol. The molecule has 116 valence electrons. The molecule has 0 atom stereocenters. The molecule has 0 amide bonds.